The van der Waals surface area contributed by atoms with Crippen molar-refractivity contribution >= 4 is 5.91 Å². The van der Waals surface area contributed by atoms with Gasteiger partial charge in [0, 0.05) is 6.54 Å². The Hall–Kier alpha value is -2.17. The molecule has 5 nitrogen and oxygen atoms in total. The topological polar surface area (TPSA) is 48.0 Å². The number of carbonyl (C=O) groups is 1. The first-order valence-electron chi connectivity index (χ1n) is 8.17. The van der Waals surface area contributed by atoms with Crippen molar-refractivity contribution in [2.24, 2.45) is 0 Å². The van der Waals surface area contributed by atoms with Crippen molar-refractivity contribution in [3.05, 3.63) is 36.1 Å². The minimum atomic E-state index is -0.00545. The van der Waals surface area contributed by atoms with Crippen LogP contribution in [0.15, 0.2) is 36.1 Å². The standard InChI is InChI=1S/C18H23NO4/c1-21-16-8-2-3-9-17(16)23-15-7-4-10-19(12-15)18(20)14-6-5-11-22-13-14/h2-3,8-9,13,15H,4-7,10-12H2,1H3. The Balaban J connectivity index is 1.64. The molecule has 1 atom stereocenters. The minimum absolute atomic E-state index is 0.00545. The van der Waals surface area contributed by atoms with Gasteiger partial charge in [0.05, 0.1) is 32.1 Å². The number of carbonyl (C=O) groups excluding carboxylic acids is 1. The molecular formula is C18H23NO4. The Morgan fingerprint density at radius 2 is 2.09 bits per heavy atom. The van der Waals surface area contributed by atoms with E-state index in [0.717, 1.165) is 49.3 Å². The average molecular weight is 317 g/mol. The van der Waals surface area contributed by atoms with Crippen molar-refractivity contribution in [2.75, 3.05) is 26.8 Å². The van der Waals surface area contributed by atoms with Gasteiger partial charge in [0.2, 0.25) is 0 Å². The van der Waals surface area contributed by atoms with Crippen LogP contribution in [-0.4, -0.2) is 43.7 Å². The van der Waals surface area contributed by atoms with Crippen LogP contribution in [0.2, 0.25) is 0 Å². The lowest BCUT2D eigenvalue weighted by atomic mass is 10.0. The maximum atomic E-state index is 12.6. The van der Waals surface area contributed by atoms with Crippen molar-refractivity contribution < 1.29 is 19.0 Å². The molecule has 1 aromatic carbocycles. The smallest absolute Gasteiger partial charge is 0.252 e. The van der Waals surface area contributed by atoms with E-state index < -0.39 is 0 Å². The van der Waals surface area contributed by atoms with E-state index in [1.54, 1.807) is 13.4 Å². The monoisotopic (exact) mass is 317 g/mol. The summed E-state index contributed by atoms with van der Waals surface area (Å²) in [4.78, 5) is 14.5. The highest BCUT2D eigenvalue weighted by molar-refractivity contribution is 5.93. The summed E-state index contributed by atoms with van der Waals surface area (Å²) in [5, 5.41) is 0. The average Bonchev–Trinajstić information content (AvgIpc) is 2.62. The molecule has 2 aliphatic heterocycles. The summed E-state index contributed by atoms with van der Waals surface area (Å²) in [5.74, 6) is 1.53. The maximum absolute atomic E-state index is 12.6. The van der Waals surface area contributed by atoms with Gasteiger partial charge in [0.1, 0.15) is 6.10 Å². The molecule has 1 aromatic rings. The summed E-state index contributed by atoms with van der Waals surface area (Å²) in [6.45, 7) is 2.09. The van der Waals surface area contributed by atoms with Crippen molar-refractivity contribution in [3.63, 3.8) is 0 Å². The minimum Gasteiger partial charge on any atom is -0.501 e. The van der Waals surface area contributed by atoms with Crippen LogP contribution < -0.4 is 9.47 Å². The van der Waals surface area contributed by atoms with Gasteiger partial charge in [0.15, 0.2) is 11.5 Å². The summed E-state index contributed by atoms with van der Waals surface area (Å²) in [7, 11) is 1.63. The third-order valence-corrected chi connectivity index (χ3v) is 4.24. The Morgan fingerprint density at radius 3 is 2.83 bits per heavy atom. The normalized spacial score (nSPS) is 21.2. The predicted molar refractivity (Wildman–Crippen MR) is 86.5 cm³/mol. The number of piperidine rings is 1. The molecular weight excluding hydrogens is 294 g/mol. The molecule has 0 saturated carbocycles. The summed E-state index contributed by atoms with van der Waals surface area (Å²) >= 11 is 0. The van der Waals surface area contributed by atoms with Gasteiger partial charge in [-0.05, 0) is 37.8 Å². The molecule has 0 spiro atoms. The second-order valence-corrected chi connectivity index (χ2v) is 5.90. The number of hydrogen-bond acceptors (Lipinski definition) is 4. The van der Waals surface area contributed by atoms with Crippen LogP contribution in [0.3, 0.4) is 0 Å². The zero-order valence-electron chi connectivity index (χ0n) is 13.5. The lowest BCUT2D eigenvalue weighted by Gasteiger charge is -2.34. The van der Waals surface area contributed by atoms with Crippen molar-refractivity contribution in [1.82, 2.24) is 4.90 Å². The predicted octanol–water partition coefficient (Wildman–Crippen LogP) is 2.76. The van der Waals surface area contributed by atoms with Gasteiger partial charge in [0.25, 0.3) is 5.91 Å². The van der Waals surface area contributed by atoms with Crippen LogP contribution in [0.1, 0.15) is 25.7 Å². The summed E-state index contributed by atoms with van der Waals surface area (Å²) in [6.07, 6.45) is 5.21. The molecule has 1 amide bonds. The van der Waals surface area contributed by atoms with Crippen LogP contribution in [0, 0.1) is 0 Å². The number of methoxy groups -OCH3 is 1. The first kappa shape index (κ1) is 15.7. The van der Waals surface area contributed by atoms with Crippen LogP contribution in [0.5, 0.6) is 11.5 Å². The molecule has 1 saturated heterocycles. The molecule has 3 rings (SSSR count). The van der Waals surface area contributed by atoms with E-state index >= 15 is 0 Å². The molecule has 0 radical (unpaired) electrons. The van der Waals surface area contributed by atoms with E-state index in [-0.39, 0.29) is 12.0 Å². The fourth-order valence-corrected chi connectivity index (χ4v) is 3.04. The van der Waals surface area contributed by atoms with Gasteiger partial charge in [-0.15, -0.1) is 0 Å². The molecule has 23 heavy (non-hydrogen) atoms. The molecule has 0 bridgehead atoms. The lowest BCUT2D eigenvalue weighted by molar-refractivity contribution is -0.130. The molecule has 5 heteroatoms. The highest BCUT2D eigenvalue weighted by Crippen LogP contribution is 2.29. The quantitative estimate of drug-likeness (QED) is 0.857. The number of rotatable bonds is 4. The van der Waals surface area contributed by atoms with Crippen molar-refractivity contribution in [3.8, 4) is 11.5 Å². The van der Waals surface area contributed by atoms with Crippen LogP contribution in [0.4, 0.5) is 0 Å². The molecule has 2 aliphatic rings. The third kappa shape index (κ3) is 3.78. The number of ether oxygens (including phenoxy) is 3. The summed E-state index contributed by atoms with van der Waals surface area (Å²) in [6, 6.07) is 7.62. The van der Waals surface area contributed by atoms with E-state index in [0.29, 0.717) is 13.2 Å². The van der Waals surface area contributed by atoms with Gasteiger partial charge in [-0.3, -0.25) is 4.79 Å². The summed E-state index contributed by atoms with van der Waals surface area (Å²) in [5.41, 5.74) is 0.772. The second kappa shape index (κ2) is 7.40. The van der Waals surface area contributed by atoms with Crippen molar-refractivity contribution in [1.29, 1.82) is 0 Å². The largest absolute Gasteiger partial charge is 0.501 e. The Morgan fingerprint density at radius 1 is 1.26 bits per heavy atom. The van der Waals surface area contributed by atoms with E-state index in [4.69, 9.17) is 14.2 Å². The molecule has 0 N–H and O–H groups in total. The van der Waals surface area contributed by atoms with Gasteiger partial charge in [-0.2, -0.15) is 0 Å². The lowest BCUT2D eigenvalue weighted by Crippen LogP contribution is -2.45. The number of amides is 1. The van der Waals surface area contributed by atoms with E-state index in [2.05, 4.69) is 0 Å². The zero-order valence-corrected chi connectivity index (χ0v) is 13.5. The molecule has 124 valence electrons. The molecule has 0 aliphatic carbocycles. The molecule has 0 aromatic heterocycles. The molecule has 1 fully saturated rings. The SMILES string of the molecule is COc1ccccc1OC1CCCN(C(=O)C2=COCCC2)C1. The number of para-hydroxylation sites is 2. The Labute approximate surface area is 136 Å². The molecule has 2 heterocycles. The zero-order chi connectivity index (χ0) is 16.1. The number of benzene rings is 1. The van der Waals surface area contributed by atoms with Crippen LogP contribution in [-0.2, 0) is 9.53 Å². The van der Waals surface area contributed by atoms with Gasteiger partial charge >= 0.3 is 0 Å². The fraction of sp³-hybridized carbons (Fsp3) is 0.500. The van der Waals surface area contributed by atoms with Crippen LogP contribution >= 0.6 is 0 Å². The molecule has 1 unspecified atom stereocenters. The highest BCUT2D eigenvalue weighted by atomic mass is 16.5. The fourth-order valence-electron chi connectivity index (χ4n) is 3.04. The Bertz CT molecular complexity index is 584. The van der Waals surface area contributed by atoms with Crippen molar-refractivity contribution in [2.45, 2.75) is 31.8 Å². The number of nitrogens with zero attached hydrogens (tertiary/aromatic N) is 1. The third-order valence-electron chi connectivity index (χ3n) is 4.24. The highest BCUT2D eigenvalue weighted by Gasteiger charge is 2.28. The Kier molecular flexibility index (Phi) is 5.05. The maximum Gasteiger partial charge on any atom is 0.252 e. The van der Waals surface area contributed by atoms with E-state index in [1.165, 1.54) is 0 Å². The van der Waals surface area contributed by atoms with Gasteiger partial charge in [-0.1, -0.05) is 12.1 Å². The van der Waals surface area contributed by atoms with Gasteiger partial charge in [-0.25, -0.2) is 0 Å². The number of hydrogen-bond donors (Lipinski definition) is 0. The first-order valence-corrected chi connectivity index (χ1v) is 8.17. The number of likely N-dealkylation sites (tertiary alicyclic amines) is 1. The van der Waals surface area contributed by atoms with E-state index in [1.807, 2.05) is 29.2 Å². The summed E-state index contributed by atoms with van der Waals surface area (Å²) < 4.78 is 16.7. The van der Waals surface area contributed by atoms with Gasteiger partial charge < -0.3 is 19.1 Å². The van der Waals surface area contributed by atoms with E-state index in [9.17, 15) is 4.79 Å². The first-order chi connectivity index (χ1) is 11.3. The second-order valence-electron chi connectivity index (χ2n) is 5.90. The van der Waals surface area contributed by atoms with Crippen LogP contribution in [0.25, 0.3) is 0 Å².